The number of rotatable bonds is 4. The highest BCUT2D eigenvalue weighted by molar-refractivity contribution is 7.15. The molecule has 0 bridgehead atoms. The summed E-state index contributed by atoms with van der Waals surface area (Å²) in [6, 6.07) is 5.09. The second-order valence-electron chi connectivity index (χ2n) is 6.04. The Morgan fingerprint density at radius 3 is 3.20 bits per heavy atom. The summed E-state index contributed by atoms with van der Waals surface area (Å²) < 4.78 is 10.7. The Morgan fingerprint density at radius 2 is 2.36 bits per heavy atom. The van der Waals surface area contributed by atoms with Gasteiger partial charge in [-0.05, 0) is 30.9 Å². The van der Waals surface area contributed by atoms with Crippen LogP contribution < -0.4 is 15.4 Å². The Hall–Kier alpha value is -2.45. The van der Waals surface area contributed by atoms with E-state index in [1.54, 1.807) is 24.4 Å². The molecule has 1 saturated heterocycles. The average molecular weight is 359 g/mol. The summed E-state index contributed by atoms with van der Waals surface area (Å²) >= 11 is 1.46. The Labute approximate surface area is 148 Å². The number of nitrogens with zero attached hydrogens (tertiary/aromatic N) is 1. The third kappa shape index (κ3) is 3.49. The zero-order valence-electron chi connectivity index (χ0n) is 13.4. The molecule has 7 nitrogen and oxygen atoms in total. The van der Waals surface area contributed by atoms with Crippen molar-refractivity contribution >= 4 is 34.0 Å². The topological polar surface area (TPSA) is 89.6 Å². The van der Waals surface area contributed by atoms with Crippen molar-refractivity contribution in [2.75, 3.05) is 30.5 Å². The maximum atomic E-state index is 12.6. The van der Waals surface area contributed by atoms with Crippen LogP contribution in [0.4, 0.5) is 10.8 Å². The third-order valence-electron chi connectivity index (χ3n) is 4.18. The molecule has 1 atom stereocenters. The van der Waals surface area contributed by atoms with Crippen molar-refractivity contribution in [1.29, 1.82) is 0 Å². The molecule has 2 aliphatic rings. The first kappa shape index (κ1) is 16.0. The molecule has 0 aliphatic carbocycles. The number of aromatic nitrogens is 1. The van der Waals surface area contributed by atoms with Gasteiger partial charge < -0.3 is 14.8 Å². The molecule has 4 rings (SSSR count). The van der Waals surface area contributed by atoms with Crippen LogP contribution in [0, 0.1) is 5.92 Å². The zero-order chi connectivity index (χ0) is 17.2. The van der Waals surface area contributed by atoms with Crippen molar-refractivity contribution in [2.45, 2.75) is 12.8 Å². The number of carbonyl (C=O) groups excluding carboxylic acids is 2. The number of hydrogen-bond donors (Lipinski definition) is 2. The van der Waals surface area contributed by atoms with Crippen LogP contribution in [-0.2, 0) is 16.0 Å². The molecule has 1 aromatic carbocycles. The maximum Gasteiger partial charge on any atom is 0.262 e. The van der Waals surface area contributed by atoms with Crippen LogP contribution in [0.1, 0.15) is 21.7 Å². The van der Waals surface area contributed by atoms with Gasteiger partial charge in [-0.3, -0.25) is 14.9 Å². The van der Waals surface area contributed by atoms with Crippen LogP contribution in [0.3, 0.4) is 0 Å². The molecule has 1 unspecified atom stereocenters. The number of carbonyl (C=O) groups is 2. The first-order valence-corrected chi connectivity index (χ1v) is 8.90. The van der Waals surface area contributed by atoms with Crippen LogP contribution in [-0.4, -0.2) is 36.6 Å². The van der Waals surface area contributed by atoms with Crippen molar-refractivity contribution < 1.29 is 19.1 Å². The first-order valence-electron chi connectivity index (χ1n) is 8.08. The quantitative estimate of drug-likeness (QED) is 0.874. The Morgan fingerprint density at radius 1 is 1.44 bits per heavy atom. The van der Waals surface area contributed by atoms with Gasteiger partial charge in [0.2, 0.25) is 0 Å². The van der Waals surface area contributed by atoms with Gasteiger partial charge in [0.05, 0.1) is 11.3 Å². The number of para-hydroxylation sites is 1. The van der Waals surface area contributed by atoms with Crippen LogP contribution >= 0.6 is 11.3 Å². The fourth-order valence-corrected chi connectivity index (χ4v) is 3.86. The van der Waals surface area contributed by atoms with E-state index >= 15 is 0 Å². The summed E-state index contributed by atoms with van der Waals surface area (Å²) in [6.07, 6.45) is 3.78. The van der Waals surface area contributed by atoms with Crippen LogP contribution in [0.25, 0.3) is 0 Å². The molecule has 0 spiro atoms. The lowest BCUT2D eigenvalue weighted by molar-refractivity contribution is -0.118. The number of nitrogens with one attached hydrogen (secondary N) is 2. The predicted molar refractivity (Wildman–Crippen MR) is 93.3 cm³/mol. The SMILES string of the molecule is O=C1COc2cccc(C(=O)Nc3ncc(CC4CCOC4)s3)c2N1. The monoisotopic (exact) mass is 359 g/mol. The van der Waals surface area contributed by atoms with Gasteiger partial charge >= 0.3 is 0 Å². The second kappa shape index (κ2) is 6.81. The molecular formula is C17H17N3O4S. The summed E-state index contributed by atoms with van der Waals surface area (Å²) in [6.45, 7) is 1.56. The van der Waals surface area contributed by atoms with Crippen molar-refractivity contribution in [3.63, 3.8) is 0 Å². The highest BCUT2D eigenvalue weighted by Gasteiger charge is 2.23. The molecule has 130 valence electrons. The van der Waals surface area contributed by atoms with Crippen molar-refractivity contribution in [3.05, 3.63) is 34.8 Å². The van der Waals surface area contributed by atoms with E-state index < -0.39 is 0 Å². The van der Waals surface area contributed by atoms with Gasteiger partial charge in [0.25, 0.3) is 11.8 Å². The van der Waals surface area contributed by atoms with Gasteiger partial charge in [-0.15, -0.1) is 11.3 Å². The summed E-state index contributed by atoms with van der Waals surface area (Å²) in [5.74, 6) is 0.418. The van der Waals surface area contributed by atoms with Gasteiger partial charge in [-0.1, -0.05) is 6.07 Å². The summed E-state index contributed by atoms with van der Waals surface area (Å²) in [5, 5.41) is 6.03. The molecule has 25 heavy (non-hydrogen) atoms. The van der Waals surface area contributed by atoms with Gasteiger partial charge in [-0.2, -0.15) is 0 Å². The Balaban J connectivity index is 1.47. The molecule has 0 saturated carbocycles. The summed E-state index contributed by atoms with van der Waals surface area (Å²) in [5.41, 5.74) is 0.752. The third-order valence-corrected chi connectivity index (χ3v) is 5.12. The fraction of sp³-hybridized carbons (Fsp3) is 0.353. The summed E-state index contributed by atoms with van der Waals surface area (Å²) in [7, 11) is 0. The fourth-order valence-electron chi connectivity index (χ4n) is 2.94. The molecule has 1 fully saturated rings. The van der Waals surface area contributed by atoms with E-state index in [9.17, 15) is 9.59 Å². The predicted octanol–water partition coefficient (Wildman–Crippen LogP) is 2.31. The molecule has 1 aromatic heterocycles. The Kier molecular flexibility index (Phi) is 4.37. The van der Waals surface area contributed by atoms with Crippen LogP contribution in [0.5, 0.6) is 5.75 Å². The smallest absolute Gasteiger partial charge is 0.262 e. The lowest BCUT2D eigenvalue weighted by Gasteiger charge is -2.20. The van der Waals surface area contributed by atoms with Crippen molar-refractivity contribution in [2.24, 2.45) is 5.92 Å². The average Bonchev–Trinajstić information content (AvgIpc) is 3.27. The number of thiazole rings is 1. The number of hydrogen-bond acceptors (Lipinski definition) is 6. The molecule has 2 N–H and O–H groups in total. The minimum atomic E-state index is -0.326. The molecule has 0 radical (unpaired) electrons. The minimum absolute atomic E-state index is 0.0429. The maximum absolute atomic E-state index is 12.6. The molecule has 2 amide bonds. The van der Waals surface area contributed by atoms with Crippen LogP contribution in [0.15, 0.2) is 24.4 Å². The largest absolute Gasteiger partial charge is 0.482 e. The molecular weight excluding hydrogens is 342 g/mol. The first-order chi connectivity index (χ1) is 12.2. The number of fused-ring (bicyclic) bond motifs is 1. The molecule has 2 aliphatic heterocycles. The number of ether oxygens (including phenoxy) is 2. The van der Waals surface area contributed by atoms with E-state index in [2.05, 4.69) is 15.6 Å². The van der Waals surface area contributed by atoms with E-state index in [0.29, 0.717) is 28.0 Å². The second-order valence-corrected chi connectivity index (χ2v) is 7.15. The van der Waals surface area contributed by atoms with E-state index in [4.69, 9.17) is 9.47 Å². The van der Waals surface area contributed by atoms with E-state index in [-0.39, 0.29) is 18.4 Å². The van der Waals surface area contributed by atoms with Gasteiger partial charge in [-0.25, -0.2) is 4.98 Å². The highest BCUT2D eigenvalue weighted by atomic mass is 32.1. The normalized spacial score (nSPS) is 19.0. The van der Waals surface area contributed by atoms with Gasteiger partial charge in [0.15, 0.2) is 11.7 Å². The van der Waals surface area contributed by atoms with Crippen LogP contribution in [0.2, 0.25) is 0 Å². The standard InChI is InChI=1S/C17H17N3O4S/c21-14-9-24-13-3-1-2-12(15(13)19-14)16(22)20-17-18-7-11(25-17)6-10-4-5-23-8-10/h1-3,7,10H,4-6,8-9H2,(H,19,21)(H,18,20,22). The van der Waals surface area contributed by atoms with E-state index in [1.807, 2.05) is 0 Å². The molecule has 2 aromatic rings. The lowest BCUT2D eigenvalue weighted by Crippen LogP contribution is -2.27. The van der Waals surface area contributed by atoms with E-state index in [1.165, 1.54) is 11.3 Å². The number of amides is 2. The number of benzene rings is 1. The summed E-state index contributed by atoms with van der Waals surface area (Å²) in [4.78, 5) is 29.5. The highest BCUT2D eigenvalue weighted by Crippen LogP contribution is 2.32. The molecule has 8 heteroatoms. The number of anilines is 2. The van der Waals surface area contributed by atoms with Gasteiger partial charge in [0.1, 0.15) is 5.75 Å². The molecule has 3 heterocycles. The minimum Gasteiger partial charge on any atom is -0.482 e. The zero-order valence-corrected chi connectivity index (χ0v) is 14.2. The lowest BCUT2D eigenvalue weighted by atomic mass is 10.1. The Bertz CT molecular complexity index is 814. The van der Waals surface area contributed by atoms with E-state index in [0.717, 1.165) is 30.9 Å². The van der Waals surface area contributed by atoms with Crippen molar-refractivity contribution in [3.8, 4) is 5.75 Å². The van der Waals surface area contributed by atoms with Gasteiger partial charge in [0, 0.05) is 24.3 Å². The van der Waals surface area contributed by atoms with Crippen molar-refractivity contribution in [1.82, 2.24) is 4.98 Å².